The number of ether oxygens (including phenoxy) is 4. The van der Waals surface area contributed by atoms with Crippen molar-refractivity contribution in [2.45, 2.75) is 32.8 Å². The van der Waals surface area contributed by atoms with Gasteiger partial charge in [-0.05, 0) is 13.8 Å². The quantitative estimate of drug-likeness (QED) is 0.360. The molecule has 0 aromatic heterocycles. The van der Waals surface area contributed by atoms with Crippen molar-refractivity contribution in [3.63, 3.8) is 0 Å². The molecule has 16 heavy (non-hydrogen) atoms. The van der Waals surface area contributed by atoms with Crippen molar-refractivity contribution in [3.05, 3.63) is 12.7 Å². The van der Waals surface area contributed by atoms with E-state index < -0.39 is 18.0 Å². The summed E-state index contributed by atoms with van der Waals surface area (Å²) in [5.74, 6) is -1.81. The lowest BCUT2D eigenvalue weighted by molar-refractivity contribution is -0.373. The maximum Gasteiger partial charge on any atom is 0.339 e. The van der Waals surface area contributed by atoms with Gasteiger partial charge >= 0.3 is 5.97 Å². The number of methoxy groups -OCH3 is 1. The summed E-state index contributed by atoms with van der Waals surface area (Å²) in [7, 11) is 1.28. The van der Waals surface area contributed by atoms with Gasteiger partial charge in [0.25, 0.3) is 5.97 Å². The molecule has 0 saturated carbocycles. The second-order valence-electron chi connectivity index (χ2n) is 3.03. The van der Waals surface area contributed by atoms with Crippen molar-refractivity contribution < 1.29 is 23.7 Å². The third-order valence-electron chi connectivity index (χ3n) is 1.80. The molecule has 0 N–H and O–H groups in total. The fourth-order valence-electron chi connectivity index (χ4n) is 1.17. The molecule has 0 aromatic rings. The first kappa shape index (κ1) is 15.1. The van der Waals surface area contributed by atoms with Gasteiger partial charge in [0.15, 0.2) is 6.10 Å². The van der Waals surface area contributed by atoms with Crippen LogP contribution < -0.4 is 0 Å². The Bertz CT molecular complexity index is 220. The van der Waals surface area contributed by atoms with Crippen molar-refractivity contribution >= 4 is 5.97 Å². The van der Waals surface area contributed by atoms with Crippen LogP contribution >= 0.6 is 0 Å². The minimum atomic E-state index is -1.27. The number of rotatable bonds is 8. The third kappa shape index (κ3) is 4.74. The van der Waals surface area contributed by atoms with Gasteiger partial charge in [0.2, 0.25) is 0 Å². The first-order valence-corrected chi connectivity index (χ1v) is 5.19. The first-order chi connectivity index (χ1) is 7.52. The summed E-state index contributed by atoms with van der Waals surface area (Å²) in [6.07, 6.45) is 0.426. The number of carbonyl (C=O) groups excluding carboxylic acids is 1. The summed E-state index contributed by atoms with van der Waals surface area (Å²) < 4.78 is 20.5. The molecule has 0 rings (SSSR count). The Hall–Kier alpha value is -0.910. The molecule has 1 unspecified atom stereocenters. The van der Waals surface area contributed by atoms with Gasteiger partial charge in [-0.15, -0.1) is 0 Å². The van der Waals surface area contributed by atoms with E-state index in [9.17, 15) is 4.79 Å². The summed E-state index contributed by atoms with van der Waals surface area (Å²) in [5, 5.41) is 0. The Morgan fingerprint density at radius 1 is 1.38 bits per heavy atom. The Morgan fingerprint density at radius 3 is 2.19 bits per heavy atom. The molecular formula is C11H20O5. The molecule has 0 aliphatic heterocycles. The summed E-state index contributed by atoms with van der Waals surface area (Å²) >= 11 is 0. The Morgan fingerprint density at radius 2 is 1.88 bits per heavy atom. The molecule has 0 aliphatic rings. The normalized spacial score (nSPS) is 13.2. The predicted octanol–water partition coefficient (Wildman–Crippen LogP) is 1.48. The molecule has 0 aliphatic carbocycles. The smallest absolute Gasteiger partial charge is 0.339 e. The van der Waals surface area contributed by atoms with Crippen LogP contribution in [0.5, 0.6) is 0 Å². The van der Waals surface area contributed by atoms with Crippen molar-refractivity contribution in [1.82, 2.24) is 0 Å². The van der Waals surface area contributed by atoms with Crippen LogP contribution in [-0.2, 0) is 23.7 Å². The van der Waals surface area contributed by atoms with E-state index in [0.29, 0.717) is 13.2 Å². The SMILES string of the molecule is C=CC(OC(C)(OCC)OCC)C(=O)OC. The summed E-state index contributed by atoms with van der Waals surface area (Å²) in [6, 6.07) is 0. The van der Waals surface area contributed by atoms with Crippen LogP contribution in [0.15, 0.2) is 12.7 Å². The molecule has 0 aromatic carbocycles. The molecule has 5 heteroatoms. The zero-order chi connectivity index (χ0) is 12.6. The first-order valence-electron chi connectivity index (χ1n) is 5.19. The largest absolute Gasteiger partial charge is 0.467 e. The standard InChI is InChI=1S/C11H20O5/c1-6-9(10(12)13-5)16-11(4,14-7-2)15-8-3/h6,9H,1,7-8H2,2-5H3. The van der Waals surface area contributed by atoms with E-state index in [1.807, 2.05) is 13.8 Å². The second-order valence-corrected chi connectivity index (χ2v) is 3.03. The fourth-order valence-corrected chi connectivity index (χ4v) is 1.17. The predicted molar refractivity (Wildman–Crippen MR) is 58.7 cm³/mol. The minimum absolute atomic E-state index is 0.404. The van der Waals surface area contributed by atoms with E-state index in [0.717, 1.165) is 0 Å². The van der Waals surface area contributed by atoms with Gasteiger partial charge < -0.3 is 18.9 Å². The Labute approximate surface area is 96.3 Å². The third-order valence-corrected chi connectivity index (χ3v) is 1.80. The molecule has 0 amide bonds. The van der Waals surface area contributed by atoms with Crippen molar-refractivity contribution in [3.8, 4) is 0 Å². The van der Waals surface area contributed by atoms with Crippen LogP contribution in [-0.4, -0.2) is 38.4 Å². The van der Waals surface area contributed by atoms with Gasteiger partial charge in [-0.1, -0.05) is 12.7 Å². The molecule has 0 spiro atoms. The molecule has 0 radical (unpaired) electrons. The van der Waals surface area contributed by atoms with E-state index in [-0.39, 0.29) is 0 Å². The molecule has 0 saturated heterocycles. The van der Waals surface area contributed by atoms with Gasteiger partial charge in [0.05, 0.1) is 7.11 Å². The average Bonchev–Trinajstić information content (AvgIpc) is 2.25. The Balaban J connectivity index is 4.57. The second kappa shape index (κ2) is 7.38. The van der Waals surface area contributed by atoms with Gasteiger partial charge in [0, 0.05) is 20.1 Å². The molecule has 0 fully saturated rings. The monoisotopic (exact) mass is 232 g/mol. The number of hydrogen-bond donors (Lipinski definition) is 0. The van der Waals surface area contributed by atoms with Crippen LogP contribution in [0.3, 0.4) is 0 Å². The highest BCUT2D eigenvalue weighted by Gasteiger charge is 2.32. The molecule has 0 heterocycles. The van der Waals surface area contributed by atoms with Crippen LogP contribution in [0.2, 0.25) is 0 Å². The Kier molecular flexibility index (Phi) is 6.96. The van der Waals surface area contributed by atoms with E-state index in [4.69, 9.17) is 14.2 Å². The van der Waals surface area contributed by atoms with Crippen LogP contribution in [0, 0.1) is 0 Å². The van der Waals surface area contributed by atoms with E-state index >= 15 is 0 Å². The van der Waals surface area contributed by atoms with Gasteiger partial charge in [0.1, 0.15) is 0 Å². The van der Waals surface area contributed by atoms with E-state index in [1.54, 1.807) is 6.92 Å². The van der Waals surface area contributed by atoms with Gasteiger partial charge in [-0.25, -0.2) is 4.79 Å². The van der Waals surface area contributed by atoms with Crippen molar-refractivity contribution in [2.75, 3.05) is 20.3 Å². The molecule has 1 atom stereocenters. The maximum absolute atomic E-state index is 11.3. The van der Waals surface area contributed by atoms with E-state index in [1.165, 1.54) is 13.2 Å². The maximum atomic E-state index is 11.3. The number of esters is 1. The summed E-state index contributed by atoms with van der Waals surface area (Å²) in [5.41, 5.74) is 0. The highest BCUT2D eigenvalue weighted by molar-refractivity contribution is 5.76. The lowest BCUT2D eigenvalue weighted by Gasteiger charge is -2.30. The van der Waals surface area contributed by atoms with Crippen molar-refractivity contribution in [1.29, 1.82) is 0 Å². The summed E-state index contributed by atoms with van der Waals surface area (Å²) in [4.78, 5) is 11.3. The van der Waals surface area contributed by atoms with Crippen molar-refractivity contribution in [2.24, 2.45) is 0 Å². The zero-order valence-electron chi connectivity index (χ0n) is 10.3. The highest BCUT2D eigenvalue weighted by Crippen LogP contribution is 2.18. The molecule has 94 valence electrons. The average molecular weight is 232 g/mol. The minimum Gasteiger partial charge on any atom is -0.467 e. The number of carbonyl (C=O) groups is 1. The van der Waals surface area contributed by atoms with Gasteiger partial charge in [-0.2, -0.15) is 0 Å². The van der Waals surface area contributed by atoms with E-state index in [2.05, 4.69) is 11.3 Å². The highest BCUT2D eigenvalue weighted by atomic mass is 16.9. The lowest BCUT2D eigenvalue weighted by atomic mass is 10.3. The lowest BCUT2D eigenvalue weighted by Crippen LogP contribution is -2.41. The topological polar surface area (TPSA) is 54.0 Å². The fraction of sp³-hybridized carbons (Fsp3) is 0.727. The van der Waals surface area contributed by atoms with Crippen LogP contribution in [0.1, 0.15) is 20.8 Å². The number of hydrogen-bond acceptors (Lipinski definition) is 5. The zero-order valence-corrected chi connectivity index (χ0v) is 10.3. The van der Waals surface area contributed by atoms with Crippen LogP contribution in [0.25, 0.3) is 0 Å². The summed E-state index contributed by atoms with van der Waals surface area (Å²) in [6.45, 7) is 9.52. The molecule has 5 nitrogen and oxygen atoms in total. The van der Waals surface area contributed by atoms with Gasteiger partial charge in [-0.3, -0.25) is 0 Å². The van der Waals surface area contributed by atoms with Crippen LogP contribution in [0.4, 0.5) is 0 Å². The molecular weight excluding hydrogens is 212 g/mol. The molecule has 0 bridgehead atoms.